The summed E-state index contributed by atoms with van der Waals surface area (Å²) in [7, 11) is -2.08. The molecule has 8 heteroatoms. The fourth-order valence-electron chi connectivity index (χ4n) is 1.99. The van der Waals surface area contributed by atoms with Crippen LogP contribution in [0.15, 0.2) is 17.0 Å². The number of rotatable bonds is 3. The molecule has 21 heavy (non-hydrogen) atoms. The standard InChI is InChI=1S/C13H17ClN4O2S/c1-7-5-10(14)12(6-11(7)15)21(19,20)17-13-8(2)16-18(4)9(13)3/h5-6,17H,15H2,1-4H3. The molecule has 0 amide bonds. The molecule has 0 aliphatic carbocycles. The molecule has 0 radical (unpaired) electrons. The van der Waals surface area contributed by atoms with E-state index in [-0.39, 0.29) is 9.92 Å². The molecule has 2 aromatic rings. The average Bonchev–Trinajstić information content (AvgIpc) is 2.60. The number of hydrogen-bond donors (Lipinski definition) is 2. The summed E-state index contributed by atoms with van der Waals surface area (Å²) in [4.78, 5) is -0.0464. The first-order valence-corrected chi connectivity index (χ1v) is 8.08. The van der Waals surface area contributed by atoms with Crippen LogP contribution in [0.25, 0.3) is 0 Å². The van der Waals surface area contributed by atoms with E-state index in [4.69, 9.17) is 17.3 Å². The number of nitrogens with one attached hydrogen (secondary N) is 1. The molecular formula is C13H17ClN4O2S. The lowest BCUT2D eigenvalue weighted by molar-refractivity contribution is 0.601. The highest BCUT2D eigenvalue weighted by atomic mass is 35.5. The van der Waals surface area contributed by atoms with Crippen molar-refractivity contribution in [3.63, 3.8) is 0 Å². The van der Waals surface area contributed by atoms with Gasteiger partial charge in [-0.25, -0.2) is 8.42 Å². The minimum absolute atomic E-state index is 0.0464. The van der Waals surface area contributed by atoms with Gasteiger partial charge < -0.3 is 5.73 Å². The van der Waals surface area contributed by atoms with Crippen molar-refractivity contribution in [3.8, 4) is 0 Å². The normalized spacial score (nSPS) is 11.7. The third-order valence-electron chi connectivity index (χ3n) is 3.36. The number of halogens is 1. The van der Waals surface area contributed by atoms with E-state index in [0.29, 0.717) is 22.8 Å². The number of aromatic nitrogens is 2. The van der Waals surface area contributed by atoms with Gasteiger partial charge in [-0.3, -0.25) is 9.40 Å². The van der Waals surface area contributed by atoms with Crippen molar-refractivity contribution in [3.05, 3.63) is 34.1 Å². The second kappa shape index (κ2) is 5.23. The molecule has 0 atom stereocenters. The van der Waals surface area contributed by atoms with Gasteiger partial charge in [0.05, 0.1) is 22.1 Å². The highest BCUT2D eigenvalue weighted by Gasteiger charge is 2.22. The summed E-state index contributed by atoms with van der Waals surface area (Å²) in [5.74, 6) is 0. The van der Waals surface area contributed by atoms with Crippen molar-refractivity contribution in [2.24, 2.45) is 7.05 Å². The van der Waals surface area contributed by atoms with Crippen LogP contribution >= 0.6 is 11.6 Å². The van der Waals surface area contributed by atoms with Gasteiger partial charge in [0.2, 0.25) is 0 Å². The van der Waals surface area contributed by atoms with Crippen LogP contribution in [-0.2, 0) is 17.1 Å². The first-order chi connectivity index (χ1) is 9.63. The van der Waals surface area contributed by atoms with Crippen LogP contribution in [-0.4, -0.2) is 18.2 Å². The van der Waals surface area contributed by atoms with Gasteiger partial charge in [-0.15, -0.1) is 0 Å². The molecule has 1 aromatic carbocycles. The van der Waals surface area contributed by atoms with E-state index in [2.05, 4.69) is 9.82 Å². The zero-order valence-electron chi connectivity index (χ0n) is 12.2. The predicted octanol–water partition coefficient (Wildman–Crippen LogP) is 2.38. The fourth-order valence-corrected chi connectivity index (χ4v) is 3.78. The summed E-state index contributed by atoms with van der Waals surface area (Å²) in [5.41, 5.74) is 8.64. The molecule has 0 aliphatic heterocycles. The highest BCUT2D eigenvalue weighted by Crippen LogP contribution is 2.29. The number of aryl methyl sites for hydroxylation is 3. The van der Waals surface area contributed by atoms with E-state index in [1.165, 1.54) is 12.1 Å². The van der Waals surface area contributed by atoms with E-state index in [0.717, 1.165) is 5.56 Å². The summed E-state index contributed by atoms with van der Waals surface area (Å²) in [5, 5.41) is 4.31. The van der Waals surface area contributed by atoms with Crippen LogP contribution in [0.3, 0.4) is 0 Å². The molecule has 114 valence electrons. The third-order valence-corrected chi connectivity index (χ3v) is 5.17. The lowest BCUT2D eigenvalue weighted by Gasteiger charge is -2.11. The first kappa shape index (κ1) is 15.7. The number of nitrogen functional groups attached to an aromatic ring is 1. The first-order valence-electron chi connectivity index (χ1n) is 6.22. The number of sulfonamides is 1. The van der Waals surface area contributed by atoms with Crippen molar-refractivity contribution < 1.29 is 8.42 Å². The van der Waals surface area contributed by atoms with Crippen LogP contribution in [0, 0.1) is 20.8 Å². The Morgan fingerprint density at radius 1 is 1.29 bits per heavy atom. The Morgan fingerprint density at radius 3 is 2.43 bits per heavy atom. The van der Waals surface area contributed by atoms with Gasteiger partial charge in [0.15, 0.2) is 0 Å². The largest absolute Gasteiger partial charge is 0.398 e. The minimum atomic E-state index is -3.83. The molecule has 2 rings (SSSR count). The van der Waals surface area contributed by atoms with Gasteiger partial charge >= 0.3 is 0 Å². The Kier molecular flexibility index (Phi) is 3.90. The maximum Gasteiger partial charge on any atom is 0.263 e. The summed E-state index contributed by atoms with van der Waals surface area (Å²) in [6, 6.07) is 2.90. The Balaban J connectivity index is 2.51. The van der Waals surface area contributed by atoms with Gasteiger partial charge in [0, 0.05) is 12.7 Å². The van der Waals surface area contributed by atoms with Crippen LogP contribution in [0.4, 0.5) is 11.4 Å². The van der Waals surface area contributed by atoms with Crippen molar-refractivity contribution in [2.75, 3.05) is 10.5 Å². The molecule has 0 aliphatic rings. The van der Waals surface area contributed by atoms with Crippen LogP contribution in [0.1, 0.15) is 17.0 Å². The van der Waals surface area contributed by atoms with Crippen molar-refractivity contribution >= 4 is 33.0 Å². The zero-order chi connectivity index (χ0) is 15.9. The fraction of sp³-hybridized carbons (Fsp3) is 0.308. The van der Waals surface area contributed by atoms with E-state index >= 15 is 0 Å². The quantitative estimate of drug-likeness (QED) is 0.846. The molecule has 6 nitrogen and oxygen atoms in total. The molecule has 0 saturated carbocycles. The van der Waals surface area contributed by atoms with Crippen molar-refractivity contribution in [1.29, 1.82) is 0 Å². The Labute approximate surface area is 129 Å². The molecule has 1 aromatic heterocycles. The molecule has 0 fully saturated rings. The maximum absolute atomic E-state index is 12.5. The Bertz CT molecular complexity index is 812. The second-order valence-corrected chi connectivity index (χ2v) is 6.97. The summed E-state index contributed by atoms with van der Waals surface area (Å²) < 4.78 is 29.2. The molecule has 0 saturated heterocycles. The monoisotopic (exact) mass is 328 g/mol. The Morgan fingerprint density at radius 2 is 1.90 bits per heavy atom. The topological polar surface area (TPSA) is 90.0 Å². The van der Waals surface area contributed by atoms with E-state index < -0.39 is 10.0 Å². The summed E-state index contributed by atoms with van der Waals surface area (Å²) >= 11 is 6.04. The molecule has 0 spiro atoms. The molecule has 1 heterocycles. The van der Waals surface area contributed by atoms with E-state index in [9.17, 15) is 8.42 Å². The highest BCUT2D eigenvalue weighted by molar-refractivity contribution is 7.92. The molecular weight excluding hydrogens is 312 g/mol. The van der Waals surface area contributed by atoms with Crippen LogP contribution < -0.4 is 10.5 Å². The van der Waals surface area contributed by atoms with Crippen LogP contribution in [0.5, 0.6) is 0 Å². The van der Waals surface area contributed by atoms with Gasteiger partial charge in [0.1, 0.15) is 4.90 Å². The predicted molar refractivity (Wildman–Crippen MR) is 84.1 cm³/mol. The molecule has 0 bridgehead atoms. The van der Waals surface area contributed by atoms with Gasteiger partial charge in [-0.1, -0.05) is 11.6 Å². The number of benzene rings is 1. The van der Waals surface area contributed by atoms with Crippen molar-refractivity contribution in [1.82, 2.24) is 9.78 Å². The Hall–Kier alpha value is -1.73. The number of nitrogens with zero attached hydrogens (tertiary/aromatic N) is 2. The SMILES string of the molecule is Cc1cc(Cl)c(S(=O)(=O)Nc2c(C)nn(C)c2C)cc1N. The average molecular weight is 329 g/mol. The van der Waals surface area contributed by atoms with Crippen LogP contribution in [0.2, 0.25) is 5.02 Å². The van der Waals surface area contributed by atoms with Gasteiger partial charge in [-0.2, -0.15) is 5.10 Å². The number of hydrogen-bond acceptors (Lipinski definition) is 4. The summed E-state index contributed by atoms with van der Waals surface area (Å²) in [6.07, 6.45) is 0. The minimum Gasteiger partial charge on any atom is -0.398 e. The lowest BCUT2D eigenvalue weighted by Crippen LogP contribution is -2.15. The second-order valence-electron chi connectivity index (χ2n) is 4.91. The zero-order valence-corrected chi connectivity index (χ0v) is 13.8. The number of nitrogens with two attached hydrogens (primary N) is 1. The molecule has 3 N–H and O–H groups in total. The lowest BCUT2D eigenvalue weighted by atomic mass is 10.2. The van der Waals surface area contributed by atoms with Crippen molar-refractivity contribution in [2.45, 2.75) is 25.7 Å². The van der Waals surface area contributed by atoms with E-state index in [1.807, 2.05) is 0 Å². The molecule has 0 unspecified atom stereocenters. The smallest absolute Gasteiger partial charge is 0.263 e. The maximum atomic E-state index is 12.5. The van der Waals surface area contributed by atoms with E-state index in [1.54, 1.807) is 32.5 Å². The third kappa shape index (κ3) is 2.84. The van der Waals surface area contributed by atoms with Gasteiger partial charge in [0.25, 0.3) is 10.0 Å². The number of anilines is 2. The van der Waals surface area contributed by atoms with Gasteiger partial charge in [-0.05, 0) is 38.5 Å². The summed E-state index contributed by atoms with van der Waals surface area (Å²) in [6.45, 7) is 5.28.